The smallest absolute Gasteiger partial charge is 0.00150 e. The molecule has 64 valence electrons. The molecule has 1 N–H and O–H groups in total. The molecule has 1 unspecified atom stereocenters. The maximum Gasteiger partial charge on any atom is -0.00150 e. The molecule has 11 heavy (non-hydrogen) atoms. The van der Waals surface area contributed by atoms with Crippen molar-refractivity contribution in [2.24, 2.45) is 11.3 Å². The molecule has 2 saturated carbocycles. The molecule has 0 heterocycles. The standard InChI is InChI=1S/C10H19N/c1-2-6-11-8-9-7-10(9)4-3-5-10/h9,11H,2-8H2,1H3. The van der Waals surface area contributed by atoms with Gasteiger partial charge in [0.05, 0.1) is 0 Å². The predicted molar refractivity (Wildman–Crippen MR) is 47.6 cm³/mol. The summed E-state index contributed by atoms with van der Waals surface area (Å²) >= 11 is 0. The summed E-state index contributed by atoms with van der Waals surface area (Å²) in [4.78, 5) is 0. The second kappa shape index (κ2) is 2.78. The molecule has 0 radical (unpaired) electrons. The van der Waals surface area contributed by atoms with Crippen LogP contribution in [0.15, 0.2) is 0 Å². The van der Waals surface area contributed by atoms with E-state index >= 15 is 0 Å². The summed E-state index contributed by atoms with van der Waals surface area (Å²) in [5.41, 5.74) is 0.876. The second-order valence-corrected chi connectivity index (χ2v) is 4.32. The Morgan fingerprint density at radius 2 is 2.27 bits per heavy atom. The van der Waals surface area contributed by atoms with Crippen LogP contribution in [-0.2, 0) is 0 Å². The first-order chi connectivity index (χ1) is 5.37. The van der Waals surface area contributed by atoms with Crippen LogP contribution in [0, 0.1) is 11.3 Å². The minimum absolute atomic E-state index is 0.876. The molecule has 2 aliphatic rings. The third-order valence-electron chi connectivity index (χ3n) is 3.53. The lowest BCUT2D eigenvalue weighted by atomic mass is 9.80. The van der Waals surface area contributed by atoms with Gasteiger partial charge in [-0.1, -0.05) is 13.3 Å². The van der Waals surface area contributed by atoms with E-state index in [0.717, 1.165) is 11.3 Å². The van der Waals surface area contributed by atoms with E-state index in [9.17, 15) is 0 Å². The van der Waals surface area contributed by atoms with Crippen molar-refractivity contribution in [2.75, 3.05) is 13.1 Å². The Morgan fingerprint density at radius 3 is 2.73 bits per heavy atom. The summed E-state index contributed by atoms with van der Waals surface area (Å²) in [6.07, 6.45) is 7.38. The Hall–Kier alpha value is -0.0400. The Morgan fingerprint density at radius 1 is 1.45 bits per heavy atom. The summed E-state index contributed by atoms with van der Waals surface area (Å²) in [5.74, 6) is 1.06. The van der Waals surface area contributed by atoms with Gasteiger partial charge in [-0.05, 0) is 50.1 Å². The van der Waals surface area contributed by atoms with Crippen LogP contribution < -0.4 is 5.32 Å². The Kier molecular flexibility index (Phi) is 1.92. The lowest BCUT2D eigenvalue weighted by molar-refractivity contribution is 0.256. The number of hydrogen-bond acceptors (Lipinski definition) is 1. The van der Waals surface area contributed by atoms with E-state index in [2.05, 4.69) is 12.2 Å². The maximum absolute atomic E-state index is 3.52. The van der Waals surface area contributed by atoms with Gasteiger partial charge in [0.2, 0.25) is 0 Å². The molecule has 0 bridgehead atoms. The van der Waals surface area contributed by atoms with E-state index in [1.54, 1.807) is 0 Å². The van der Waals surface area contributed by atoms with Crippen molar-refractivity contribution in [3.05, 3.63) is 0 Å². The van der Waals surface area contributed by atoms with Crippen LogP contribution in [0.4, 0.5) is 0 Å². The van der Waals surface area contributed by atoms with E-state index in [4.69, 9.17) is 0 Å². The zero-order chi connectivity index (χ0) is 7.73. The first kappa shape index (κ1) is 7.60. The lowest BCUT2D eigenvalue weighted by Crippen LogP contribution is -2.23. The highest BCUT2D eigenvalue weighted by atomic mass is 14.9. The normalized spacial score (nSPS) is 31.9. The van der Waals surface area contributed by atoms with Crippen LogP contribution in [0.5, 0.6) is 0 Å². The van der Waals surface area contributed by atoms with E-state index < -0.39 is 0 Å². The van der Waals surface area contributed by atoms with Crippen LogP contribution >= 0.6 is 0 Å². The SMILES string of the molecule is CCCNCC1CC12CCC2. The zero-order valence-corrected chi connectivity index (χ0v) is 7.53. The van der Waals surface area contributed by atoms with E-state index in [0.29, 0.717) is 0 Å². The topological polar surface area (TPSA) is 12.0 Å². The number of rotatable bonds is 4. The van der Waals surface area contributed by atoms with Crippen molar-refractivity contribution in [3.8, 4) is 0 Å². The van der Waals surface area contributed by atoms with Gasteiger partial charge >= 0.3 is 0 Å². The maximum atomic E-state index is 3.52. The van der Waals surface area contributed by atoms with E-state index in [1.165, 1.54) is 45.2 Å². The van der Waals surface area contributed by atoms with Crippen molar-refractivity contribution in [2.45, 2.75) is 39.0 Å². The molecule has 1 heteroatoms. The molecule has 1 nitrogen and oxygen atoms in total. The summed E-state index contributed by atoms with van der Waals surface area (Å²) in [7, 11) is 0. The molecule has 0 aromatic heterocycles. The van der Waals surface area contributed by atoms with Crippen LogP contribution in [0.25, 0.3) is 0 Å². The van der Waals surface area contributed by atoms with Crippen LogP contribution in [-0.4, -0.2) is 13.1 Å². The Balaban J connectivity index is 1.60. The van der Waals surface area contributed by atoms with E-state index in [1.807, 2.05) is 0 Å². The van der Waals surface area contributed by atoms with Crippen LogP contribution in [0.1, 0.15) is 39.0 Å². The summed E-state index contributed by atoms with van der Waals surface area (Å²) in [6, 6.07) is 0. The first-order valence-corrected chi connectivity index (χ1v) is 5.08. The molecule has 0 aliphatic heterocycles. The van der Waals surface area contributed by atoms with Crippen LogP contribution in [0.2, 0.25) is 0 Å². The third kappa shape index (κ3) is 1.31. The largest absolute Gasteiger partial charge is 0.316 e. The van der Waals surface area contributed by atoms with Gasteiger partial charge in [0.15, 0.2) is 0 Å². The quantitative estimate of drug-likeness (QED) is 0.610. The van der Waals surface area contributed by atoms with Crippen molar-refractivity contribution in [1.82, 2.24) is 5.32 Å². The van der Waals surface area contributed by atoms with Crippen molar-refractivity contribution < 1.29 is 0 Å². The molecule has 2 rings (SSSR count). The lowest BCUT2D eigenvalue weighted by Gasteiger charge is -2.26. The predicted octanol–water partition coefficient (Wildman–Crippen LogP) is 2.18. The fourth-order valence-electron chi connectivity index (χ4n) is 2.42. The van der Waals surface area contributed by atoms with Gasteiger partial charge in [0, 0.05) is 0 Å². The van der Waals surface area contributed by atoms with Crippen molar-refractivity contribution in [3.63, 3.8) is 0 Å². The monoisotopic (exact) mass is 153 g/mol. The highest BCUT2D eigenvalue weighted by Crippen LogP contribution is 2.65. The number of hydrogen-bond donors (Lipinski definition) is 1. The Labute approximate surface area is 69.6 Å². The van der Waals surface area contributed by atoms with Gasteiger partial charge in [0.25, 0.3) is 0 Å². The fraction of sp³-hybridized carbons (Fsp3) is 1.00. The summed E-state index contributed by atoms with van der Waals surface area (Å²) in [6.45, 7) is 4.75. The summed E-state index contributed by atoms with van der Waals surface area (Å²) in [5, 5.41) is 3.52. The third-order valence-corrected chi connectivity index (χ3v) is 3.53. The van der Waals surface area contributed by atoms with Crippen LogP contribution in [0.3, 0.4) is 0 Å². The van der Waals surface area contributed by atoms with Gasteiger partial charge in [0.1, 0.15) is 0 Å². The van der Waals surface area contributed by atoms with Gasteiger partial charge in [-0.25, -0.2) is 0 Å². The van der Waals surface area contributed by atoms with Gasteiger partial charge < -0.3 is 5.32 Å². The van der Waals surface area contributed by atoms with Crippen molar-refractivity contribution in [1.29, 1.82) is 0 Å². The van der Waals surface area contributed by atoms with Crippen molar-refractivity contribution >= 4 is 0 Å². The minimum atomic E-state index is 0.876. The Bertz CT molecular complexity index is 138. The molecule has 2 aliphatic carbocycles. The average Bonchev–Trinajstić information content (AvgIpc) is 2.62. The molecular formula is C10H19N. The minimum Gasteiger partial charge on any atom is -0.316 e. The average molecular weight is 153 g/mol. The van der Waals surface area contributed by atoms with Gasteiger partial charge in [-0.2, -0.15) is 0 Å². The van der Waals surface area contributed by atoms with Gasteiger partial charge in [-0.3, -0.25) is 0 Å². The molecule has 1 atom stereocenters. The molecule has 0 aromatic rings. The highest BCUT2D eigenvalue weighted by molar-refractivity contribution is 5.07. The molecule has 2 fully saturated rings. The number of nitrogens with one attached hydrogen (secondary N) is 1. The zero-order valence-electron chi connectivity index (χ0n) is 7.53. The fourth-order valence-corrected chi connectivity index (χ4v) is 2.42. The van der Waals surface area contributed by atoms with E-state index in [-0.39, 0.29) is 0 Å². The molecule has 0 aromatic carbocycles. The highest BCUT2D eigenvalue weighted by Gasteiger charge is 2.56. The molecular weight excluding hydrogens is 134 g/mol. The summed E-state index contributed by atoms with van der Waals surface area (Å²) < 4.78 is 0. The molecule has 0 amide bonds. The van der Waals surface area contributed by atoms with Gasteiger partial charge in [-0.15, -0.1) is 0 Å². The molecule has 1 spiro atoms. The molecule has 0 saturated heterocycles. The second-order valence-electron chi connectivity index (χ2n) is 4.32. The first-order valence-electron chi connectivity index (χ1n) is 5.08.